The molecule has 106 valence electrons. The van der Waals surface area contributed by atoms with Crippen molar-refractivity contribution in [1.82, 2.24) is 15.1 Å². The number of nitro groups is 1. The Kier molecular flexibility index (Phi) is 4.31. The van der Waals surface area contributed by atoms with E-state index in [0.717, 1.165) is 11.3 Å². The van der Waals surface area contributed by atoms with E-state index in [1.54, 1.807) is 43.2 Å². The Balaban J connectivity index is 2.15. The van der Waals surface area contributed by atoms with Gasteiger partial charge in [-0.15, -0.1) is 0 Å². The zero-order valence-corrected chi connectivity index (χ0v) is 11.4. The van der Waals surface area contributed by atoms with Crippen LogP contribution in [0, 0.1) is 10.1 Å². The van der Waals surface area contributed by atoms with Gasteiger partial charge in [0.25, 0.3) is 0 Å². The van der Waals surface area contributed by atoms with Gasteiger partial charge in [0.05, 0.1) is 10.6 Å². The molecule has 1 aromatic carbocycles. The number of aromatic nitrogens is 2. The summed E-state index contributed by atoms with van der Waals surface area (Å²) in [7, 11) is 3.59. The van der Waals surface area contributed by atoms with Crippen LogP contribution < -0.4 is 10.1 Å². The second kappa shape index (κ2) is 6.16. The van der Waals surface area contributed by atoms with Gasteiger partial charge >= 0.3 is 5.69 Å². The fourth-order valence-corrected chi connectivity index (χ4v) is 1.83. The Morgan fingerprint density at radius 2 is 2.25 bits per heavy atom. The quantitative estimate of drug-likeness (QED) is 0.640. The van der Waals surface area contributed by atoms with E-state index >= 15 is 0 Å². The summed E-state index contributed by atoms with van der Waals surface area (Å²) in [5.41, 5.74) is 1.53. The molecule has 7 nitrogen and oxygen atoms in total. The molecule has 2 rings (SSSR count). The molecule has 2 aromatic rings. The molecule has 0 saturated heterocycles. The van der Waals surface area contributed by atoms with Gasteiger partial charge in [0.2, 0.25) is 0 Å². The molecule has 1 heterocycles. The Hall–Kier alpha value is -2.41. The van der Waals surface area contributed by atoms with Crippen LogP contribution in [-0.4, -0.2) is 21.8 Å². The largest absolute Gasteiger partial charge is 0.480 e. The van der Waals surface area contributed by atoms with E-state index in [1.807, 2.05) is 0 Å². The molecule has 0 radical (unpaired) electrons. The first-order valence-electron chi connectivity index (χ1n) is 6.13. The molecule has 20 heavy (non-hydrogen) atoms. The molecule has 0 unspecified atom stereocenters. The molecule has 0 atom stereocenters. The molecule has 0 bridgehead atoms. The van der Waals surface area contributed by atoms with Crippen molar-refractivity contribution in [2.75, 3.05) is 7.05 Å². The maximum Gasteiger partial charge on any atom is 0.311 e. The molecule has 0 aliphatic heterocycles. The topological polar surface area (TPSA) is 82.2 Å². The van der Waals surface area contributed by atoms with Crippen molar-refractivity contribution in [2.45, 2.75) is 13.2 Å². The highest BCUT2D eigenvalue weighted by atomic mass is 16.6. The molecule has 0 saturated carbocycles. The average molecular weight is 276 g/mol. The third kappa shape index (κ3) is 3.33. The number of hydrogen-bond acceptors (Lipinski definition) is 5. The van der Waals surface area contributed by atoms with Gasteiger partial charge in [-0.1, -0.05) is 6.07 Å². The van der Waals surface area contributed by atoms with E-state index in [2.05, 4.69) is 10.4 Å². The van der Waals surface area contributed by atoms with Gasteiger partial charge in [-0.3, -0.25) is 14.8 Å². The zero-order chi connectivity index (χ0) is 14.5. The summed E-state index contributed by atoms with van der Waals surface area (Å²) < 4.78 is 7.15. The first-order valence-corrected chi connectivity index (χ1v) is 6.13. The number of nitrogens with one attached hydrogen (secondary N) is 1. The lowest BCUT2D eigenvalue weighted by molar-refractivity contribution is -0.386. The molecule has 0 fully saturated rings. The minimum Gasteiger partial charge on any atom is -0.480 e. The van der Waals surface area contributed by atoms with Crippen LogP contribution in [-0.2, 0) is 20.2 Å². The Morgan fingerprint density at radius 3 is 2.85 bits per heavy atom. The van der Waals surface area contributed by atoms with Gasteiger partial charge in [-0.25, -0.2) is 0 Å². The smallest absolute Gasteiger partial charge is 0.311 e. The Bertz CT molecular complexity index is 609. The van der Waals surface area contributed by atoms with E-state index in [0.29, 0.717) is 6.54 Å². The van der Waals surface area contributed by atoms with Gasteiger partial charge in [-0.2, -0.15) is 5.10 Å². The van der Waals surface area contributed by atoms with Crippen LogP contribution in [0.4, 0.5) is 5.69 Å². The van der Waals surface area contributed by atoms with Crippen LogP contribution in [0.5, 0.6) is 5.75 Å². The SMILES string of the molecule is CNCc1ccc(OCc2ccn(C)n2)c([N+](=O)[O-])c1. The van der Waals surface area contributed by atoms with Crippen LogP contribution in [0.15, 0.2) is 30.5 Å². The number of nitro benzene ring substituents is 1. The van der Waals surface area contributed by atoms with Gasteiger partial charge in [-0.05, 0) is 24.7 Å². The summed E-state index contributed by atoms with van der Waals surface area (Å²) in [6, 6.07) is 6.75. The minimum absolute atomic E-state index is 0.0336. The minimum atomic E-state index is -0.438. The van der Waals surface area contributed by atoms with E-state index in [-0.39, 0.29) is 18.0 Å². The van der Waals surface area contributed by atoms with Crippen LogP contribution in [0.25, 0.3) is 0 Å². The van der Waals surface area contributed by atoms with Crippen molar-refractivity contribution in [3.8, 4) is 5.75 Å². The molecule has 1 aromatic heterocycles. The molecule has 0 amide bonds. The summed E-state index contributed by atoms with van der Waals surface area (Å²) in [5, 5.41) is 18.2. The fraction of sp³-hybridized carbons (Fsp3) is 0.308. The summed E-state index contributed by atoms with van der Waals surface area (Å²) in [5.74, 6) is 0.250. The Morgan fingerprint density at radius 1 is 1.45 bits per heavy atom. The maximum absolute atomic E-state index is 11.1. The van der Waals surface area contributed by atoms with Crippen LogP contribution in [0.3, 0.4) is 0 Å². The Labute approximate surface area is 116 Å². The highest BCUT2D eigenvalue weighted by Crippen LogP contribution is 2.28. The zero-order valence-electron chi connectivity index (χ0n) is 11.4. The summed E-state index contributed by atoms with van der Waals surface area (Å²) in [6.45, 7) is 0.772. The molecular formula is C13H16N4O3. The highest BCUT2D eigenvalue weighted by Gasteiger charge is 2.16. The molecule has 0 spiro atoms. The summed E-state index contributed by atoms with van der Waals surface area (Å²) in [6.07, 6.45) is 1.79. The molecule has 7 heteroatoms. The summed E-state index contributed by atoms with van der Waals surface area (Å²) >= 11 is 0. The van der Waals surface area contributed by atoms with Crippen LogP contribution >= 0.6 is 0 Å². The first kappa shape index (κ1) is 14.0. The molecule has 0 aliphatic carbocycles. The number of ether oxygens (including phenoxy) is 1. The number of benzene rings is 1. The monoisotopic (exact) mass is 276 g/mol. The van der Waals surface area contributed by atoms with Gasteiger partial charge in [0.15, 0.2) is 5.75 Å². The normalized spacial score (nSPS) is 10.5. The van der Waals surface area contributed by atoms with Crippen molar-refractivity contribution in [2.24, 2.45) is 7.05 Å². The van der Waals surface area contributed by atoms with Crippen molar-refractivity contribution < 1.29 is 9.66 Å². The van der Waals surface area contributed by atoms with Gasteiger partial charge in [0.1, 0.15) is 6.61 Å². The second-order valence-corrected chi connectivity index (χ2v) is 4.36. The predicted molar refractivity (Wildman–Crippen MR) is 73.4 cm³/mol. The number of rotatable bonds is 6. The van der Waals surface area contributed by atoms with Crippen molar-refractivity contribution >= 4 is 5.69 Å². The molecule has 1 N–H and O–H groups in total. The predicted octanol–water partition coefficient (Wildman–Crippen LogP) is 1.63. The lowest BCUT2D eigenvalue weighted by Crippen LogP contribution is -2.06. The lowest BCUT2D eigenvalue weighted by atomic mass is 10.2. The van der Waals surface area contributed by atoms with Crippen LogP contribution in [0.2, 0.25) is 0 Å². The first-order chi connectivity index (χ1) is 9.60. The van der Waals surface area contributed by atoms with E-state index in [4.69, 9.17) is 4.74 Å². The molecular weight excluding hydrogens is 260 g/mol. The molecule has 0 aliphatic rings. The standard InChI is InChI=1S/C13H16N4O3/c1-14-8-10-3-4-13(12(7-10)17(18)19)20-9-11-5-6-16(2)15-11/h3-7,14H,8-9H2,1-2H3. The third-order valence-electron chi connectivity index (χ3n) is 2.75. The number of hydrogen-bond donors (Lipinski definition) is 1. The van der Waals surface area contributed by atoms with E-state index < -0.39 is 4.92 Å². The fourth-order valence-electron chi connectivity index (χ4n) is 1.83. The number of nitrogens with zero attached hydrogens (tertiary/aromatic N) is 3. The maximum atomic E-state index is 11.1. The van der Waals surface area contributed by atoms with Crippen molar-refractivity contribution in [3.63, 3.8) is 0 Å². The lowest BCUT2D eigenvalue weighted by Gasteiger charge is -2.07. The third-order valence-corrected chi connectivity index (χ3v) is 2.75. The van der Waals surface area contributed by atoms with Gasteiger partial charge < -0.3 is 10.1 Å². The number of aryl methyl sites for hydroxylation is 1. The van der Waals surface area contributed by atoms with Gasteiger partial charge in [0, 0.05) is 25.9 Å². The highest BCUT2D eigenvalue weighted by molar-refractivity contribution is 5.48. The second-order valence-electron chi connectivity index (χ2n) is 4.36. The average Bonchev–Trinajstić information content (AvgIpc) is 2.83. The van der Waals surface area contributed by atoms with E-state index in [1.165, 1.54) is 6.07 Å². The van der Waals surface area contributed by atoms with Crippen molar-refractivity contribution in [3.05, 3.63) is 51.8 Å². The summed E-state index contributed by atoms with van der Waals surface area (Å²) in [4.78, 5) is 10.6. The van der Waals surface area contributed by atoms with E-state index in [9.17, 15) is 10.1 Å². The van der Waals surface area contributed by atoms with Crippen molar-refractivity contribution in [1.29, 1.82) is 0 Å². The van der Waals surface area contributed by atoms with Crippen LogP contribution in [0.1, 0.15) is 11.3 Å².